The van der Waals surface area contributed by atoms with Crippen molar-refractivity contribution in [3.8, 4) is 11.5 Å². The largest absolute Gasteiger partial charge is 0.486 e. The van der Waals surface area contributed by atoms with Gasteiger partial charge in [-0.25, -0.2) is 13.1 Å². The monoisotopic (exact) mass is 428 g/mol. The predicted molar refractivity (Wildman–Crippen MR) is 105 cm³/mol. The molecular formula is C19H28N2O7S. The predicted octanol–water partition coefficient (Wildman–Crippen LogP) is 1.36. The van der Waals surface area contributed by atoms with Crippen molar-refractivity contribution in [2.24, 2.45) is 0 Å². The average molecular weight is 429 g/mol. The molecule has 29 heavy (non-hydrogen) atoms. The van der Waals surface area contributed by atoms with Crippen LogP contribution in [0.4, 0.5) is 0 Å². The Kier molecular flexibility index (Phi) is 7.48. The van der Waals surface area contributed by atoms with Crippen molar-refractivity contribution in [1.29, 1.82) is 0 Å². The molecule has 0 fully saturated rings. The van der Waals surface area contributed by atoms with Gasteiger partial charge in [-0.1, -0.05) is 0 Å². The number of fused-ring (bicyclic) bond motifs is 1. The maximum atomic E-state index is 12.4. The molecule has 1 aromatic rings. The molecule has 1 amide bonds. The molecule has 162 valence electrons. The zero-order valence-electron chi connectivity index (χ0n) is 17.1. The summed E-state index contributed by atoms with van der Waals surface area (Å²) >= 11 is 0. The van der Waals surface area contributed by atoms with Gasteiger partial charge in [-0.05, 0) is 46.2 Å². The maximum absolute atomic E-state index is 12.4. The Morgan fingerprint density at radius 3 is 2.48 bits per heavy atom. The molecule has 1 aliphatic rings. The highest BCUT2D eigenvalue weighted by molar-refractivity contribution is 7.89. The number of carbonyl (C=O) groups excluding carboxylic acids is 2. The fourth-order valence-electron chi connectivity index (χ4n) is 2.49. The van der Waals surface area contributed by atoms with Crippen LogP contribution in [0.5, 0.6) is 11.5 Å². The summed E-state index contributed by atoms with van der Waals surface area (Å²) in [5.41, 5.74) is -0.427. The second-order valence-corrected chi connectivity index (χ2v) is 9.45. The lowest BCUT2D eigenvalue weighted by Crippen LogP contribution is -2.46. The van der Waals surface area contributed by atoms with E-state index in [1.54, 1.807) is 6.07 Å². The van der Waals surface area contributed by atoms with Gasteiger partial charge in [0.15, 0.2) is 17.6 Å². The zero-order valence-corrected chi connectivity index (χ0v) is 17.9. The number of rotatable bonds is 8. The lowest BCUT2D eigenvalue weighted by atomic mass is 10.1. The smallest absolute Gasteiger partial charge is 0.306 e. The molecule has 2 N–H and O–H groups in total. The second-order valence-electron chi connectivity index (χ2n) is 7.68. The summed E-state index contributed by atoms with van der Waals surface area (Å²) in [6, 6.07) is 4.38. The van der Waals surface area contributed by atoms with Crippen LogP contribution in [-0.2, 0) is 24.3 Å². The summed E-state index contributed by atoms with van der Waals surface area (Å²) in [5, 5.41) is 2.72. The number of amides is 1. The van der Waals surface area contributed by atoms with Crippen LogP contribution >= 0.6 is 0 Å². The van der Waals surface area contributed by atoms with Crippen molar-refractivity contribution in [2.75, 3.05) is 19.8 Å². The Balaban J connectivity index is 1.77. The molecule has 0 radical (unpaired) electrons. The van der Waals surface area contributed by atoms with Crippen LogP contribution in [0.2, 0.25) is 0 Å². The van der Waals surface area contributed by atoms with E-state index >= 15 is 0 Å². The van der Waals surface area contributed by atoms with E-state index in [4.69, 9.17) is 14.2 Å². The maximum Gasteiger partial charge on any atom is 0.306 e. The Hall–Kier alpha value is -2.33. The highest BCUT2D eigenvalue weighted by atomic mass is 32.2. The normalized spacial score (nSPS) is 14.8. The minimum absolute atomic E-state index is 0.0171. The molecule has 1 atom stereocenters. The Morgan fingerprint density at radius 2 is 1.83 bits per heavy atom. The van der Waals surface area contributed by atoms with Crippen LogP contribution < -0.4 is 19.5 Å². The zero-order chi connectivity index (χ0) is 21.7. The van der Waals surface area contributed by atoms with Crippen LogP contribution in [0, 0.1) is 0 Å². The van der Waals surface area contributed by atoms with Crippen molar-refractivity contribution < 1.29 is 32.2 Å². The van der Waals surface area contributed by atoms with Gasteiger partial charge in [-0.15, -0.1) is 0 Å². The van der Waals surface area contributed by atoms with Crippen LogP contribution in [0.3, 0.4) is 0 Å². The SMILES string of the molecule is CC(OC(=O)CCCNS(=O)(=O)c1ccc2c(c1)OCCO2)C(=O)NC(C)(C)C. The summed E-state index contributed by atoms with van der Waals surface area (Å²) in [4.78, 5) is 23.8. The lowest BCUT2D eigenvalue weighted by Gasteiger charge is -2.23. The number of sulfonamides is 1. The molecule has 10 heteroatoms. The van der Waals surface area contributed by atoms with Crippen molar-refractivity contribution in [3.63, 3.8) is 0 Å². The van der Waals surface area contributed by atoms with Crippen molar-refractivity contribution >= 4 is 21.9 Å². The first-order valence-corrected chi connectivity index (χ1v) is 10.9. The van der Waals surface area contributed by atoms with Gasteiger partial charge in [-0.2, -0.15) is 0 Å². The molecule has 0 saturated carbocycles. The molecule has 1 unspecified atom stereocenters. The number of hydrogen-bond acceptors (Lipinski definition) is 7. The minimum atomic E-state index is -3.75. The number of hydrogen-bond donors (Lipinski definition) is 2. The van der Waals surface area contributed by atoms with Gasteiger partial charge in [0.2, 0.25) is 10.0 Å². The molecule has 0 aromatic heterocycles. The second kappa shape index (κ2) is 9.45. The van der Waals surface area contributed by atoms with E-state index in [1.807, 2.05) is 20.8 Å². The number of nitrogens with one attached hydrogen (secondary N) is 2. The highest BCUT2D eigenvalue weighted by Crippen LogP contribution is 2.32. The molecule has 1 heterocycles. The van der Waals surface area contributed by atoms with Crippen LogP contribution in [0.1, 0.15) is 40.5 Å². The summed E-state index contributed by atoms with van der Waals surface area (Å²) in [6.45, 7) is 7.80. The fraction of sp³-hybridized carbons (Fsp3) is 0.579. The molecule has 0 aliphatic carbocycles. The Bertz CT molecular complexity index is 847. The molecule has 1 aliphatic heterocycles. The van der Waals surface area contributed by atoms with Crippen LogP contribution in [0.25, 0.3) is 0 Å². The summed E-state index contributed by atoms with van der Waals surface area (Å²) < 4.78 is 43.0. The number of benzene rings is 1. The quantitative estimate of drug-likeness (QED) is 0.474. The third kappa shape index (κ3) is 7.21. The fourth-order valence-corrected chi connectivity index (χ4v) is 3.58. The van der Waals surface area contributed by atoms with Gasteiger partial charge < -0.3 is 19.5 Å². The molecule has 0 spiro atoms. The van der Waals surface area contributed by atoms with Gasteiger partial charge in [0.25, 0.3) is 5.91 Å². The number of carbonyl (C=O) groups is 2. The van der Waals surface area contributed by atoms with Gasteiger partial charge in [-0.3, -0.25) is 9.59 Å². The number of ether oxygens (including phenoxy) is 3. The standard InChI is InChI=1S/C19H28N2O7S/c1-13(18(23)21-19(2,3)4)28-17(22)6-5-9-20-29(24,25)14-7-8-15-16(12-14)27-11-10-26-15/h7-8,12-13,20H,5-6,9-11H2,1-4H3,(H,21,23). The summed E-state index contributed by atoms with van der Waals surface area (Å²) in [6.07, 6.45) is -0.705. The van der Waals surface area contributed by atoms with Crippen LogP contribution in [-0.4, -0.2) is 51.7 Å². The first kappa shape index (κ1) is 23.0. The molecule has 9 nitrogen and oxygen atoms in total. The highest BCUT2D eigenvalue weighted by Gasteiger charge is 2.23. The summed E-state index contributed by atoms with van der Waals surface area (Å²) in [5.74, 6) is -0.0713. The van der Waals surface area contributed by atoms with E-state index in [9.17, 15) is 18.0 Å². The third-order valence-electron chi connectivity index (χ3n) is 3.85. The molecule has 0 bridgehead atoms. The van der Waals surface area contributed by atoms with Gasteiger partial charge in [0.1, 0.15) is 13.2 Å². The van der Waals surface area contributed by atoms with Crippen molar-refractivity contribution in [1.82, 2.24) is 10.0 Å². The first-order chi connectivity index (χ1) is 13.5. The lowest BCUT2D eigenvalue weighted by molar-refractivity contribution is -0.155. The summed E-state index contributed by atoms with van der Waals surface area (Å²) in [7, 11) is -3.75. The topological polar surface area (TPSA) is 120 Å². The van der Waals surface area contributed by atoms with Gasteiger partial charge >= 0.3 is 5.97 Å². The van der Waals surface area contributed by atoms with Gasteiger partial charge in [0.05, 0.1) is 4.90 Å². The first-order valence-electron chi connectivity index (χ1n) is 9.39. The molecular weight excluding hydrogens is 400 g/mol. The van der Waals surface area contributed by atoms with E-state index in [0.29, 0.717) is 24.7 Å². The van der Waals surface area contributed by atoms with E-state index in [2.05, 4.69) is 10.0 Å². The van der Waals surface area contributed by atoms with Crippen LogP contribution in [0.15, 0.2) is 23.1 Å². The number of esters is 1. The Labute approximate surface area is 171 Å². The van der Waals surface area contributed by atoms with E-state index in [-0.39, 0.29) is 30.2 Å². The van der Waals surface area contributed by atoms with Crippen molar-refractivity contribution in [3.05, 3.63) is 18.2 Å². The minimum Gasteiger partial charge on any atom is -0.486 e. The van der Waals surface area contributed by atoms with E-state index < -0.39 is 27.6 Å². The van der Waals surface area contributed by atoms with Gasteiger partial charge in [0, 0.05) is 24.6 Å². The molecule has 2 rings (SSSR count). The Morgan fingerprint density at radius 1 is 1.17 bits per heavy atom. The van der Waals surface area contributed by atoms with Crippen molar-refractivity contribution in [2.45, 2.75) is 57.1 Å². The third-order valence-corrected chi connectivity index (χ3v) is 5.31. The molecule has 1 aromatic carbocycles. The van der Waals surface area contributed by atoms with E-state index in [1.165, 1.54) is 19.1 Å². The average Bonchev–Trinajstić information content (AvgIpc) is 2.63. The molecule has 0 saturated heterocycles. The van der Waals surface area contributed by atoms with E-state index in [0.717, 1.165) is 0 Å².